The number of Topliss-reactive ketones (excluding diaryl/α,β-unsaturated/α-hetero) is 1. The minimum Gasteiger partial charge on any atom is -0.301 e. The second-order valence-electron chi connectivity index (χ2n) is 7.92. The van der Waals surface area contributed by atoms with E-state index in [2.05, 4.69) is 60.4 Å². The molecule has 0 aromatic heterocycles. The molecule has 1 saturated heterocycles. The molecule has 1 heterocycles. The van der Waals surface area contributed by atoms with Crippen LogP contribution in [0.4, 0.5) is 0 Å². The van der Waals surface area contributed by atoms with Crippen LogP contribution in [-0.2, 0) is 10.2 Å². The van der Waals surface area contributed by atoms with Crippen molar-refractivity contribution in [1.82, 2.24) is 4.90 Å². The third kappa shape index (κ3) is 4.32. The number of hydrogen-bond donors (Lipinski definition) is 0. The molecule has 0 radical (unpaired) electrons. The Bertz CT molecular complexity index is 662. The van der Waals surface area contributed by atoms with E-state index in [9.17, 15) is 4.79 Å². The third-order valence-corrected chi connectivity index (χ3v) is 6.20. The number of carbonyl (C=O) groups is 1. The summed E-state index contributed by atoms with van der Waals surface area (Å²) in [4.78, 5) is 16.1. The van der Waals surface area contributed by atoms with Crippen LogP contribution in [0.25, 0.3) is 0 Å². The maximum atomic E-state index is 13.5. The molecular weight excluding hydrogens is 330 g/mol. The molecule has 0 saturated carbocycles. The summed E-state index contributed by atoms with van der Waals surface area (Å²) < 4.78 is 0. The topological polar surface area (TPSA) is 20.3 Å². The van der Waals surface area contributed by atoms with Crippen LogP contribution in [0.15, 0.2) is 60.7 Å². The normalized spacial score (nSPS) is 17.3. The Kier molecular flexibility index (Phi) is 6.84. The van der Waals surface area contributed by atoms with Crippen LogP contribution in [0, 0.1) is 0 Å². The first-order valence-electron chi connectivity index (χ1n) is 10.6. The maximum absolute atomic E-state index is 13.5. The number of hydrogen-bond acceptors (Lipinski definition) is 2. The second-order valence-corrected chi connectivity index (χ2v) is 7.92. The van der Waals surface area contributed by atoms with Crippen molar-refractivity contribution in [2.75, 3.05) is 13.1 Å². The summed E-state index contributed by atoms with van der Waals surface area (Å²) in [6.45, 7) is 6.62. The summed E-state index contributed by atoms with van der Waals surface area (Å²) in [5.41, 5.74) is 1.69. The molecule has 0 spiro atoms. The van der Waals surface area contributed by atoms with Gasteiger partial charge >= 0.3 is 0 Å². The summed E-state index contributed by atoms with van der Waals surface area (Å²) >= 11 is 0. The highest BCUT2D eigenvalue weighted by Crippen LogP contribution is 2.40. The fourth-order valence-electron chi connectivity index (χ4n) is 4.69. The number of benzene rings is 2. The molecule has 27 heavy (non-hydrogen) atoms. The molecule has 0 N–H and O–H groups in total. The van der Waals surface area contributed by atoms with Crippen LogP contribution >= 0.6 is 0 Å². The quantitative estimate of drug-likeness (QED) is 0.637. The van der Waals surface area contributed by atoms with Crippen LogP contribution in [0.5, 0.6) is 0 Å². The van der Waals surface area contributed by atoms with Crippen molar-refractivity contribution < 1.29 is 4.79 Å². The highest BCUT2D eigenvalue weighted by atomic mass is 16.1. The zero-order valence-corrected chi connectivity index (χ0v) is 16.9. The molecule has 1 aliphatic rings. The average Bonchev–Trinajstić information content (AvgIpc) is 3.02. The summed E-state index contributed by atoms with van der Waals surface area (Å²) in [5, 5.41) is 0. The van der Waals surface area contributed by atoms with E-state index in [1.54, 1.807) is 0 Å². The van der Waals surface area contributed by atoms with Gasteiger partial charge in [0.1, 0.15) is 5.78 Å². The summed E-state index contributed by atoms with van der Waals surface area (Å²) in [6.07, 6.45) is 6.61. The molecular formula is C25H33NO. The Morgan fingerprint density at radius 3 is 1.81 bits per heavy atom. The van der Waals surface area contributed by atoms with Gasteiger partial charge in [-0.05, 0) is 50.4 Å². The SMILES string of the molecule is CCC(=O)C(CC(C)N1CCCCCC1)(c1ccccc1)c1ccccc1. The van der Waals surface area contributed by atoms with Gasteiger partial charge in [-0.25, -0.2) is 0 Å². The molecule has 2 aromatic rings. The van der Waals surface area contributed by atoms with Gasteiger partial charge in [-0.15, -0.1) is 0 Å². The molecule has 0 bridgehead atoms. The van der Waals surface area contributed by atoms with Crippen molar-refractivity contribution in [2.45, 2.75) is 63.8 Å². The first kappa shape index (κ1) is 19.8. The predicted octanol–water partition coefficient (Wildman–Crippen LogP) is 5.61. The van der Waals surface area contributed by atoms with E-state index >= 15 is 0 Å². The van der Waals surface area contributed by atoms with Gasteiger partial charge in [-0.2, -0.15) is 0 Å². The van der Waals surface area contributed by atoms with Crippen LogP contribution in [0.1, 0.15) is 63.5 Å². The zero-order chi connectivity index (χ0) is 19.1. The molecule has 0 aliphatic carbocycles. The van der Waals surface area contributed by atoms with Crippen molar-refractivity contribution in [3.63, 3.8) is 0 Å². The maximum Gasteiger partial charge on any atom is 0.147 e. The first-order chi connectivity index (χ1) is 13.2. The molecule has 1 fully saturated rings. The van der Waals surface area contributed by atoms with E-state index < -0.39 is 5.41 Å². The Morgan fingerprint density at radius 1 is 0.889 bits per heavy atom. The first-order valence-corrected chi connectivity index (χ1v) is 10.6. The summed E-state index contributed by atoms with van der Waals surface area (Å²) in [5.74, 6) is 0.321. The molecule has 3 rings (SSSR count). The van der Waals surface area contributed by atoms with Crippen LogP contribution < -0.4 is 0 Å². The van der Waals surface area contributed by atoms with Crippen LogP contribution in [-0.4, -0.2) is 29.8 Å². The molecule has 2 nitrogen and oxygen atoms in total. The lowest BCUT2D eigenvalue weighted by Gasteiger charge is -2.39. The minimum absolute atomic E-state index is 0.321. The van der Waals surface area contributed by atoms with Gasteiger partial charge in [0, 0.05) is 12.5 Å². The van der Waals surface area contributed by atoms with Gasteiger partial charge in [0.2, 0.25) is 0 Å². The number of nitrogens with zero attached hydrogens (tertiary/aromatic N) is 1. The van der Waals surface area contributed by atoms with Crippen LogP contribution in [0.2, 0.25) is 0 Å². The fourth-order valence-corrected chi connectivity index (χ4v) is 4.69. The lowest BCUT2D eigenvalue weighted by molar-refractivity contribution is -0.123. The molecule has 1 aliphatic heterocycles. The van der Waals surface area contributed by atoms with E-state index in [0.717, 1.165) is 30.6 Å². The van der Waals surface area contributed by atoms with E-state index in [0.29, 0.717) is 18.2 Å². The van der Waals surface area contributed by atoms with E-state index in [4.69, 9.17) is 0 Å². The standard InChI is InChI=1S/C25H33NO/c1-3-24(27)25(22-14-8-6-9-15-22,23-16-10-7-11-17-23)20-21(2)26-18-12-4-5-13-19-26/h6-11,14-17,21H,3-5,12-13,18-20H2,1-2H3. The molecule has 144 valence electrons. The van der Waals surface area contributed by atoms with E-state index in [1.165, 1.54) is 25.7 Å². The Balaban J connectivity index is 2.04. The molecule has 2 aromatic carbocycles. The fraction of sp³-hybridized carbons (Fsp3) is 0.480. The number of ketones is 1. The number of likely N-dealkylation sites (tertiary alicyclic amines) is 1. The zero-order valence-electron chi connectivity index (χ0n) is 16.9. The highest BCUT2D eigenvalue weighted by molar-refractivity contribution is 5.93. The summed E-state index contributed by atoms with van der Waals surface area (Å²) in [6, 6.07) is 21.2. The van der Waals surface area contributed by atoms with Gasteiger partial charge in [0.05, 0.1) is 5.41 Å². The van der Waals surface area contributed by atoms with Crippen LogP contribution in [0.3, 0.4) is 0 Å². The van der Waals surface area contributed by atoms with Gasteiger partial charge in [-0.1, -0.05) is 80.4 Å². The Labute approximate surface area is 164 Å². The van der Waals surface area contributed by atoms with Gasteiger partial charge in [0.15, 0.2) is 0 Å². The smallest absolute Gasteiger partial charge is 0.147 e. The van der Waals surface area contributed by atoms with Crippen molar-refractivity contribution in [2.24, 2.45) is 0 Å². The lowest BCUT2D eigenvalue weighted by atomic mass is 9.67. The molecule has 1 unspecified atom stereocenters. The van der Waals surface area contributed by atoms with Gasteiger partial charge < -0.3 is 4.90 Å². The van der Waals surface area contributed by atoms with Gasteiger partial charge in [0.25, 0.3) is 0 Å². The lowest BCUT2D eigenvalue weighted by Crippen LogP contribution is -2.45. The van der Waals surface area contributed by atoms with Crippen molar-refractivity contribution in [3.05, 3.63) is 71.8 Å². The monoisotopic (exact) mass is 363 g/mol. The van der Waals surface area contributed by atoms with Crippen molar-refractivity contribution in [3.8, 4) is 0 Å². The Morgan fingerprint density at radius 2 is 1.37 bits per heavy atom. The molecule has 0 amide bonds. The predicted molar refractivity (Wildman–Crippen MR) is 113 cm³/mol. The number of rotatable bonds is 7. The minimum atomic E-state index is -0.566. The Hall–Kier alpha value is -1.93. The van der Waals surface area contributed by atoms with Crippen molar-refractivity contribution in [1.29, 1.82) is 0 Å². The molecule has 2 heteroatoms. The third-order valence-electron chi connectivity index (χ3n) is 6.20. The second kappa shape index (κ2) is 9.32. The molecule has 1 atom stereocenters. The largest absolute Gasteiger partial charge is 0.301 e. The average molecular weight is 364 g/mol. The van der Waals surface area contributed by atoms with Gasteiger partial charge in [-0.3, -0.25) is 4.79 Å². The highest BCUT2D eigenvalue weighted by Gasteiger charge is 2.42. The number of carbonyl (C=O) groups excluding carboxylic acids is 1. The van der Waals surface area contributed by atoms with E-state index in [-0.39, 0.29) is 0 Å². The van der Waals surface area contributed by atoms with Crippen molar-refractivity contribution >= 4 is 5.78 Å². The summed E-state index contributed by atoms with van der Waals surface area (Å²) in [7, 11) is 0. The van der Waals surface area contributed by atoms with E-state index in [1.807, 2.05) is 19.1 Å².